The Kier molecular flexibility index (Phi) is 5.10. The van der Waals surface area contributed by atoms with E-state index in [2.05, 4.69) is 20.8 Å². The van der Waals surface area contributed by atoms with Crippen molar-refractivity contribution in [3.8, 4) is 5.75 Å². The first-order chi connectivity index (χ1) is 12.0. The number of hydrogen-bond acceptors (Lipinski definition) is 6. The van der Waals surface area contributed by atoms with Crippen LogP contribution in [-0.4, -0.2) is 45.7 Å². The second kappa shape index (κ2) is 6.95. The molecule has 0 bridgehead atoms. The largest absolute Gasteiger partial charge is 0.505 e. The number of para-hydroxylation sites is 1. The van der Waals surface area contributed by atoms with E-state index in [0.29, 0.717) is 0 Å². The summed E-state index contributed by atoms with van der Waals surface area (Å²) in [6.07, 6.45) is 0. The number of amides is 1. The van der Waals surface area contributed by atoms with Crippen LogP contribution < -0.4 is 21.8 Å². The van der Waals surface area contributed by atoms with Crippen molar-refractivity contribution in [1.29, 1.82) is 0 Å². The zero-order valence-corrected chi connectivity index (χ0v) is 15.4. The van der Waals surface area contributed by atoms with Gasteiger partial charge in [0.15, 0.2) is 5.75 Å². The smallest absolute Gasteiger partial charge is 0.288 e. The lowest BCUT2D eigenvalue weighted by molar-refractivity contribution is 0.0824. The molecule has 9 nitrogen and oxygen atoms in total. The number of phenols is 1. The third-order valence-corrected chi connectivity index (χ3v) is 3.43. The normalized spacial score (nSPS) is 11.1. The van der Waals surface area contributed by atoms with Crippen LogP contribution in [0.1, 0.15) is 31.1 Å². The number of anilines is 3. The molecule has 0 aliphatic rings. The summed E-state index contributed by atoms with van der Waals surface area (Å²) in [6, 6.07) is 4.54. The highest BCUT2D eigenvalue weighted by molar-refractivity contribution is 5.98. The van der Waals surface area contributed by atoms with E-state index < -0.39 is 16.7 Å². The summed E-state index contributed by atoms with van der Waals surface area (Å²) < 4.78 is 0. The topological polar surface area (TPSA) is 130 Å². The average Bonchev–Trinajstić information content (AvgIpc) is 2.54. The Morgan fingerprint density at radius 3 is 2.19 bits per heavy atom. The van der Waals surface area contributed by atoms with Gasteiger partial charge in [-0.15, -0.1) is 0 Å². The summed E-state index contributed by atoms with van der Waals surface area (Å²) in [5, 5.41) is 20.6. The number of nitrogens with one attached hydrogen (secondary N) is 4. The van der Waals surface area contributed by atoms with Crippen LogP contribution in [0.15, 0.2) is 27.8 Å². The molecule has 1 aromatic carbocycles. The first-order valence-electron chi connectivity index (χ1n) is 7.95. The molecule has 0 saturated heterocycles. The highest BCUT2D eigenvalue weighted by Crippen LogP contribution is 2.31. The molecule has 26 heavy (non-hydrogen) atoms. The zero-order valence-electron chi connectivity index (χ0n) is 15.4. The lowest BCUT2D eigenvalue weighted by Gasteiger charge is -2.23. The second-order valence-corrected chi connectivity index (χ2v) is 7.06. The molecule has 0 spiro atoms. The molecule has 0 atom stereocenters. The first kappa shape index (κ1) is 19.1. The molecule has 1 aromatic heterocycles. The molecule has 0 saturated carbocycles. The van der Waals surface area contributed by atoms with Gasteiger partial charge in [0, 0.05) is 19.6 Å². The molecule has 1 heterocycles. The van der Waals surface area contributed by atoms with Crippen LogP contribution in [0.4, 0.5) is 17.1 Å². The van der Waals surface area contributed by atoms with Gasteiger partial charge in [0.1, 0.15) is 11.4 Å². The molecule has 140 valence electrons. The van der Waals surface area contributed by atoms with Crippen LogP contribution in [0, 0.1) is 0 Å². The average molecular weight is 361 g/mol. The van der Waals surface area contributed by atoms with Gasteiger partial charge in [-0.1, -0.05) is 6.07 Å². The van der Waals surface area contributed by atoms with E-state index in [-0.39, 0.29) is 34.3 Å². The Bertz CT molecular complexity index is 937. The minimum Gasteiger partial charge on any atom is -0.505 e. The number of H-pyrrole nitrogens is 2. The van der Waals surface area contributed by atoms with Gasteiger partial charge in [0.2, 0.25) is 0 Å². The van der Waals surface area contributed by atoms with Gasteiger partial charge >= 0.3 is 0 Å². The maximum Gasteiger partial charge on any atom is 0.288 e. The van der Waals surface area contributed by atoms with Gasteiger partial charge in [0.05, 0.1) is 11.3 Å². The SMILES string of the molecule is CN(C)C(=O)c1cccc(Nc2c(NC(C)(C)C)c(=O)[nH][nH]c2=O)c1O. The van der Waals surface area contributed by atoms with Crippen molar-refractivity contribution < 1.29 is 9.90 Å². The van der Waals surface area contributed by atoms with Crippen molar-refractivity contribution in [3.63, 3.8) is 0 Å². The lowest BCUT2D eigenvalue weighted by Crippen LogP contribution is -2.33. The van der Waals surface area contributed by atoms with Crippen LogP contribution >= 0.6 is 0 Å². The highest BCUT2D eigenvalue weighted by Gasteiger charge is 2.21. The minimum absolute atomic E-state index is 0.0324. The summed E-state index contributed by atoms with van der Waals surface area (Å²) in [4.78, 5) is 37.9. The maximum absolute atomic E-state index is 12.2. The summed E-state index contributed by atoms with van der Waals surface area (Å²) in [7, 11) is 3.13. The fourth-order valence-electron chi connectivity index (χ4n) is 2.27. The summed E-state index contributed by atoms with van der Waals surface area (Å²) in [5.74, 6) is -0.702. The second-order valence-electron chi connectivity index (χ2n) is 7.06. The molecule has 0 radical (unpaired) electrons. The van der Waals surface area contributed by atoms with E-state index in [1.165, 1.54) is 17.0 Å². The van der Waals surface area contributed by atoms with Gasteiger partial charge in [-0.3, -0.25) is 24.6 Å². The quantitative estimate of drug-likeness (QED) is 0.524. The monoisotopic (exact) mass is 361 g/mol. The van der Waals surface area contributed by atoms with Gasteiger partial charge in [-0.2, -0.15) is 0 Å². The van der Waals surface area contributed by atoms with Crippen molar-refractivity contribution in [2.24, 2.45) is 0 Å². The molecule has 2 aromatic rings. The fourth-order valence-corrected chi connectivity index (χ4v) is 2.27. The van der Waals surface area contributed by atoms with Crippen molar-refractivity contribution in [3.05, 3.63) is 44.5 Å². The van der Waals surface area contributed by atoms with Crippen molar-refractivity contribution in [1.82, 2.24) is 15.1 Å². The molecule has 1 amide bonds. The Morgan fingerprint density at radius 2 is 1.65 bits per heavy atom. The zero-order chi connectivity index (χ0) is 19.6. The van der Waals surface area contributed by atoms with E-state index in [4.69, 9.17) is 0 Å². The van der Waals surface area contributed by atoms with E-state index in [0.717, 1.165) is 0 Å². The number of aromatic nitrogens is 2. The van der Waals surface area contributed by atoms with Crippen LogP contribution in [0.2, 0.25) is 0 Å². The summed E-state index contributed by atoms with van der Waals surface area (Å²) in [6.45, 7) is 5.52. The van der Waals surface area contributed by atoms with Gasteiger partial charge in [0.25, 0.3) is 17.0 Å². The van der Waals surface area contributed by atoms with Crippen molar-refractivity contribution >= 4 is 23.0 Å². The molecular formula is C17H23N5O4. The van der Waals surface area contributed by atoms with Crippen LogP contribution in [0.25, 0.3) is 0 Å². The highest BCUT2D eigenvalue weighted by atomic mass is 16.3. The molecule has 0 fully saturated rings. The lowest BCUT2D eigenvalue weighted by atomic mass is 10.1. The van der Waals surface area contributed by atoms with E-state index in [1.54, 1.807) is 20.2 Å². The molecule has 0 aliphatic heterocycles. The van der Waals surface area contributed by atoms with E-state index in [1.807, 2.05) is 20.8 Å². The number of aromatic hydroxyl groups is 1. The van der Waals surface area contributed by atoms with Crippen molar-refractivity contribution in [2.75, 3.05) is 24.7 Å². The van der Waals surface area contributed by atoms with Crippen LogP contribution in [-0.2, 0) is 0 Å². The Morgan fingerprint density at radius 1 is 1.08 bits per heavy atom. The predicted octanol–water partition coefficient (Wildman–Crippen LogP) is 1.42. The number of nitrogens with zero attached hydrogens (tertiary/aromatic N) is 1. The van der Waals surface area contributed by atoms with Crippen LogP contribution in [0.3, 0.4) is 0 Å². The third kappa shape index (κ3) is 4.05. The van der Waals surface area contributed by atoms with Crippen LogP contribution in [0.5, 0.6) is 5.75 Å². The number of aromatic amines is 2. The molecule has 2 rings (SSSR count). The van der Waals surface area contributed by atoms with Gasteiger partial charge < -0.3 is 20.6 Å². The molecule has 9 heteroatoms. The number of carbonyl (C=O) groups is 1. The Balaban J connectivity index is 2.55. The number of carbonyl (C=O) groups excluding carboxylic acids is 1. The number of rotatable bonds is 4. The minimum atomic E-state index is -0.583. The predicted molar refractivity (Wildman–Crippen MR) is 100 cm³/mol. The van der Waals surface area contributed by atoms with Gasteiger partial charge in [-0.25, -0.2) is 0 Å². The number of benzene rings is 1. The van der Waals surface area contributed by atoms with E-state index >= 15 is 0 Å². The number of hydrogen-bond donors (Lipinski definition) is 5. The molecule has 5 N–H and O–H groups in total. The van der Waals surface area contributed by atoms with Gasteiger partial charge in [-0.05, 0) is 32.9 Å². The van der Waals surface area contributed by atoms with E-state index in [9.17, 15) is 19.5 Å². The molecule has 0 unspecified atom stereocenters. The van der Waals surface area contributed by atoms with Crippen molar-refractivity contribution in [2.45, 2.75) is 26.3 Å². The molecular weight excluding hydrogens is 338 g/mol. The molecule has 0 aliphatic carbocycles. The Hall–Kier alpha value is -3.23. The maximum atomic E-state index is 12.2. The fraction of sp³-hybridized carbons (Fsp3) is 0.353. The standard InChI is InChI=1S/C17H23N5O4/c1-17(2,3)19-12-11(14(24)20-21-15(12)25)18-10-8-6-7-9(13(10)23)16(26)22(4)5/h6-8,23H,1-5H3,(H2,18,21,25)(H2,19,20,24). The summed E-state index contributed by atoms with van der Waals surface area (Å²) in [5.41, 5.74) is -1.42. The summed E-state index contributed by atoms with van der Waals surface area (Å²) >= 11 is 0. The third-order valence-electron chi connectivity index (χ3n) is 3.43. The first-order valence-corrected chi connectivity index (χ1v) is 7.95. The Labute approximate surface area is 150 Å². The number of phenolic OH excluding ortho intramolecular Hbond substituents is 1.